The Morgan fingerprint density at radius 3 is 2.88 bits per heavy atom. The summed E-state index contributed by atoms with van der Waals surface area (Å²) >= 11 is 0. The molecule has 0 spiro atoms. The molecule has 1 fully saturated rings. The van der Waals surface area contributed by atoms with Crippen LogP contribution in [0.5, 0.6) is 0 Å². The second-order valence-corrected chi connectivity index (χ2v) is 3.76. The molecule has 1 amide bonds. The van der Waals surface area contributed by atoms with Gasteiger partial charge < -0.3 is 15.2 Å². The van der Waals surface area contributed by atoms with E-state index in [1.807, 2.05) is 6.92 Å². The number of carbonyl (C=O) groups excluding carboxylic acids is 1. The first-order valence-corrected chi connectivity index (χ1v) is 5.37. The van der Waals surface area contributed by atoms with E-state index in [2.05, 4.69) is 5.32 Å². The summed E-state index contributed by atoms with van der Waals surface area (Å²) in [5.41, 5.74) is 0. The van der Waals surface area contributed by atoms with E-state index in [9.17, 15) is 9.59 Å². The van der Waals surface area contributed by atoms with Gasteiger partial charge in [0.25, 0.3) is 0 Å². The van der Waals surface area contributed by atoms with Gasteiger partial charge in [-0.05, 0) is 19.8 Å². The monoisotopic (exact) mass is 227 g/mol. The molecule has 2 unspecified atom stereocenters. The van der Waals surface area contributed by atoms with E-state index in [4.69, 9.17) is 9.84 Å². The molecule has 0 aromatic carbocycles. The summed E-state index contributed by atoms with van der Waals surface area (Å²) in [5, 5.41) is 11.4. The molecule has 2 N–H and O–H groups in total. The van der Waals surface area contributed by atoms with Crippen molar-refractivity contribution in [3.05, 3.63) is 12.2 Å². The third-order valence-electron chi connectivity index (χ3n) is 2.52. The van der Waals surface area contributed by atoms with E-state index >= 15 is 0 Å². The van der Waals surface area contributed by atoms with Crippen LogP contribution in [0.25, 0.3) is 0 Å². The van der Waals surface area contributed by atoms with Gasteiger partial charge in [0.15, 0.2) is 0 Å². The van der Waals surface area contributed by atoms with Crippen LogP contribution in [0.1, 0.15) is 19.8 Å². The molecule has 1 heterocycles. The number of carbonyl (C=O) groups is 2. The number of aliphatic carboxylic acids is 1. The van der Waals surface area contributed by atoms with Crippen molar-refractivity contribution in [3.8, 4) is 0 Å². The van der Waals surface area contributed by atoms with Crippen molar-refractivity contribution < 1.29 is 19.4 Å². The molecule has 0 aromatic rings. The predicted octanol–water partition coefficient (Wildman–Crippen LogP) is 0.558. The van der Waals surface area contributed by atoms with Gasteiger partial charge in [-0.15, -0.1) is 0 Å². The van der Waals surface area contributed by atoms with E-state index in [-0.39, 0.29) is 11.8 Å². The van der Waals surface area contributed by atoms with Crippen LogP contribution in [0.2, 0.25) is 0 Å². The molecular formula is C11H17NO4. The van der Waals surface area contributed by atoms with Crippen molar-refractivity contribution in [3.63, 3.8) is 0 Å². The third-order valence-corrected chi connectivity index (χ3v) is 2.52. The van der Waals surface area contributed by atoms with Crippen LogP contribution in [-0.4, -0.2) is 36.2 Å². The smallest absolute Gasteiger partial charge is 0.326 e. The molecule has 1 rings (SSSR count). The number of carboxylic acid groups (broad SMARTS) is 1. The second-order valence-electron chi connectivity index (χ2n) is 3.76. The van der Waals surface area contributed by atoms with Gasteiger partial charge in [-0.3, -0.25) is 4.79 Å². The Labute approximate surface area is 94.5 Å². The van der Waals surface area contributed by atoms with Gasteiger partial charge in [-0.25, -0.2) is 4.79 Å². The zero-order valence-electron chi connectivity index (χ0n) is 9.31. The van der Waals surface area contributed by atoms with Gasteiger partial charge >= 0.3 is 5.97 Å². The number of rotatable bonds is 5. The molecular weight excluding hydrogens is 210 g/mol. The Kier molecular flexibility index (Phi) is 4.98. The zero-order chi connectivity index (χ0) is 12.0. The maximum atomic E-state index is 11.6. The molecule has 2 atom stereocenters. The fourth-order valence-corrected chi connectivity index (χ4v) is 1.52. The van der Waals surface area contributed by atoms with Crippen LogP contribution in [0.15, 0.2) is 12.2 Å². The third kappa shape index (κ3) is 3.66. The topological polar surface area (TPSA) is 75.6 Å². The van der Waals surface area contributed by atoms with E-state index < -0.39 is 12.0 Å². The lowest BCUT2D eigenvalue weighted by Crippen LogP contribution is -2.43. The number of allylic oxidation sites excluding steroid dienone is 1. The minimum absolute atomic E-state index is 0.201. The average molecular weight is 227 g/mol. The molecule has 16 heavy (non-hydrogen) atoms. The Morgan fingerprint density at radius 1 is 1.62 bits per heavy atom. The fraction of sp³-hybridized carbons (Fsp3) is 0.636. The van der Waals surface area contributed by atoms with Crippen molar-refractivity contribution in [2.24, 2.45) is 5.92 Å². The van der Waals surface area contributed by atoms with Crippen LogP contribution in [0.4, 0.5) is 0 Å². The molecule has 90 valence electrons. The summed E-state index contributed by atoms with van der Waals surface area (Å²) in [4.78, 5) is 22.5. The van der Waals surface area contributed by atoms with Gasteiger partial charge in [0, 0.05) is 6.61 Å². The molecule has 5 heteroatoms. The number of nitrogens with one attached hydrogen (secondary N) is 1. The number of ether oxygens (including phenoxy) is 1. The van der Waals surface area contributed by atoms with Crippen LogP contribution in [0.3, 0.4) is 0 Å². The first-order valence-electron chi connectivity index (χ1n) is 5.37. The Balaban J connectivity index is 2.46. The van der Waals surface area contributed by atoms with Crippen molar-refractivity contribution in [2.75, 3.05) is 13.2 Å². The molecule has 0 saturated carbocycles. The Bertz CT molecular complexity index is 282. The summed E-state index contributed by atoms with van der Waals surface area (Å²) in [6.07, 6.45) is 4.47. The Hall–Kier alpha value is -1.36. The van der Waals surface area contributed by atoms with E-state index in [1.165, 1.54) is 0 Å². The van der Waals surface area contributed by atoms with Crippen molar-refractivity contribution in [2.45, 2.75) is 25.8 Å². The van der Waals surface area contributed by atoms with E-state index in [0.29, 0.717) is 26.1 Å². The van der Waals surface area contributed by atoms with Crippen molar-refractivity contribution in [1.82, 2.24) is 5.32 Å². The maximum Gasteiger partial charge on any atom is 0.326 e. The highest BCUT2D eigenvalue weighted by Gasteiger charge is 2.27. The summed E-state index contributed by atoms with van der Waals surface area (Å²) in [6, 6.07) is -0.843. The molecule has 1 aliphatic heterocycles. The van der Waals surface area contributed by atoms with Crippen molar-refractivity contribution in [1.29, 1.82) is 0 Å². The molecule has 1 aliphatic rings. The summed E-state index contributed by atoms with van der Waals surface area (Å²) in [7, 11) is 0. The van der Waals surface area contributed by atoms with Gasteiger partial charge in [0.05, 0.1) is 12.5 Å². The van der Waals surface area contributed by atoms with E-state index in [1.54, 1.807) is 12.2 Å². The van der Waals surface area contributed by atoms with Gasteiger partial charge in [-0.2, -0.15) is 0 Å². The van der Waals surface area contributed by atoms with Crippen molar-refractivity contribution >= 4 is 11.9 Å². The first-order chi connectivity index (χ1) is 7.65. The molecule has 1 saturated heterocycles. The standard InChI is InChI=1S/C11H17NO4/c1-2-3-4-9(11(14)15)12-10(13)8-5-6-16-7-8/h2-3,8-9H,4-7H2,1H3,(H,12,13)(H,14,15)/b3-2+. The normalized spacial score (nSPS) is 22.2. The number of hydrogen-bond donors (Lipinski definition) is 2. The van der Waals surface area contributed by atoms with Crippen LogP contribution in [-0.2, 0) is 14.3 Å². The highest BCUT2D eigenvalue weighted by molar-refractivity contribution is 5.85. The van der Waals surface area contributed by atoms with Gasteiger partial charge in [-0.1, -0.05) is 12.2 Å². The fourth-order valence-electron chi connectivity index (χ4n) is 1.52. The number of hydrogen-bond acceptors (Lipinski definition) is 3. The lowest BCUT2D eigenvalue weighted by Gasteiger charge is -2.15. The maximum absolute atomic E-state index is 11.6. The summed E-state index contributed by atoms with van der Waals surface area (Å²) < 4.78 is 5.08. The minimum atomic E-state index is -1.01. The lowest BCUT2D eigenvalue weighted by molar-refractivity contribution is -0.142. The highest BCUT2D eigenvalue weighted by Crippen LogP contribution is 2.12. The number of amides is 1. The predicted molar refractivity (Wildman–Crippen MR) is 57.9 cm³/mol. The quantitative estimate of drug-likeness (QED) is 0.673. The second kappa shape index (κ2) is 6.27. The molecule has 0 aliphatic carbocycles. The highest BCUT2D eigenvalue weighted by atomic mass is 16.5. The number of carboxylic acids is 1. The largest absolute Gasteiger partial charge is 0.480 e. The van der Waals surface area contributed by atoms with E-state index in [0.717, 1.165) is 0 Å². The molecule has 0 radical (unpaired) electrons. The van der Waals surface area contributed by atoms with Crippen LogP contribution >= 0.6 is 0 Å². The Morgan fingerprint density at radius 2 is 2.38 bits per heavy atom. The lowest BCUT2D eigenvalue weighted by atomic mass is 10.1. The molecule has 0 aromatic heterocycles. The first kappa shape index (κ1) is 12.7. The SMILES string of the molecule is C/C=C/CC(NC(=O)C1CCOC1)C(=O)O. The average Bonchev–Trinajstić information content (AvgIpc) is 2.76. The molecule has 5 nitrogen and oxygen atoms in total. The minimum Gasteiger partial charge on any atom is -0.480 e. The van der Waals surface area contributed by atoms with Crippen LogP contribution < -0.4 is 5.32 Å². The summed E-state index contributed by atoms with van der Waals surface area (Å²) in [5.74, 6) is -1.44. The van der Waals surface area contributed by atoms with Gasteiger partial charge in [0.2, 0.25) is 5.91 Å². The zero-order valence-corrected chi connectivity index (χ0v) is 9.31. The van der Waals surface area contributed by atoms with Crippen LogP contribution in [0, 0.1) is 5.92 Å². The summed E-state index contributed by atoms with van der Waals surface area (Å²) in [6.45, 7) is 2.78. The molecule has 0 bridgehead atoms. The van der Waals surface area contributed by atoms with Gasteiger partial charge in [0.1, 0.15) is 6.04 Å².